The number of hydrogen-bond donors (Lipinski definition) is 1. The number of methoxy groups -OCH3 is 1. The van der Waals surface area contributed by atoms with Gasteiger partial charge in [-0.1, -0.05) is 38.3 Å². The van der Waals surface area contributed by atoms with Crippen LogP contribution in [-0.2, 0) is 10.3 Å². The van der Waals surface area contributed by atoms with Gasteiger partial charge in [-0.3, -0.25) is 4.79 Å². The third-order valence-corrected chi connectivity index (χ3v) is 4.24. The van der Waals surface area contributed by atoms with E-state index < -0.39 is 0 Å². The number of unbranched alkanes of at least 4 members (excludes halogenated alkanes) is 1. The highest BCUT2D eigenvalue weighted by molar-refractivity contribution is 5.77. The molecule has 0 bridgehead atoms. The zero-order valence-electron chi connectivity index (χ0n) is 12.6. The maximum Gasteiger partial charge on any atom is 0.220 e. The van der Waals surface area contributed by atoms with Crippen LogP contribution in [0.2, 0.25) is 0 Å². The SMILES string of the molecule is CCCCC(=O)NC1(c2ccc(OC)cc2)CCCC1. The van der Waals surface area contributed by atoms with Gasteiger partial charge in [0.25, 0.3) is 0 Å². The molecule has 3 nitrogen and oxygen atoms in total. The van der Waals surface area contributed by atoms with E-state index in [4.69, 9.17) is 4.74 Å². The summed E-state index contributed by atoms with van der Waals surface area (Å²) in [6.07, 6.45) is 7.09. The molecular formula is C17H25NO2. The predicted octanol–water partition coefficient (Wildman–Crippen LogP) is 3.77. The molecule has 0 aliphatic heterocycles. The summed E-state index contributed by atoms with van der Waals surface area (Å²) in [7, 11) is 1.67. The Hall–Kier alpha value is -1.51. The van der Waals surface area contributed by atoms with Crippen molar-refractivity contribution in [3.63, 3.8) is 0 Å². The Morgan fingerprint density at radius 3 is 2.45 bits per heavy atom. The zero-order valence-corrected chi connectivity index (χ0v) is 12.6. The summed E-state index contributed by atoms with van der Waals surface area (Å²) in [5, 5.41) is 3.30. The van der Waals surface area contributed by atoms with Crippen molar-refractivity contribution in [3.8, 4) is 5.75 Å². The Labute approximate surface area is 121 Å². The second-order valence-electron chi connectivity index (χ2n) is 5.67. The Morgan fingerprint density at radius 1 is 1.25 bits per heavy atom. The number of ether oxygens (including phenoxy) is 1. The lowest BCUT2D eigenvalue weighted by Crippen LogP contribution is -2.43. The van der Waals surface area contributed by atoms with E-state index in [-0.39, 0.29) is 11.4 Å². The third kappa shape index (κ3) is 3.33. The second-order valence-corrected chi connectivity index (χ2v) is 5.67. The molecule has 0 atom stereocenters. The fraction of sp³-hybridized carbons (Fsp3) is 0.588. The van der Waals surface area contributed by atoms with Crippen molar-refractivity contribution in [2.75, 3.05) is 7.11 Å². The first kappa shape index (κ1) is 14.9. The molecule has 110 valence electrons. The van der Waals surface area contributed by atoms with Crippen LogP contribution in [0.25, 0.3) is 0 Å². The van der Waals surface area contributed by atoms with Gasteiger partial charge in [0.1, 0.15) is 5.75 Å². The van der Waals surface area contributed by atoms with Crippen molar-refractivity contribution in [2.45, 2.75) is 57.4 Å². The number of carbonyl (C=O) groups is 1. The van der Waals surface area contributed by atoms with Crippen LogP contribution in [0.1, 0.15) is 57.4 Å². The van der Waals surface area contributed by atoms with E-state index >= 15 is 0 Å². The molecule has 0 spiro atoms. The number of hydrogen-bond acceptors (Lipinski definition) is 2. The molecule has 0 heterocycles. The monoisotopic (exact) mass is 275 g/mol. The molecule has 20 heavy (non-hydrogen) atoms. The molecule has 0 aromatic heterocycles. The molecule has 2 rings (SSSR count). The van der Waals surface area contributed by atoms with E-state index in [0.29, 0.717) is 6.42 Å². The summed E-state index contributed by atoms with van der Waals surface area (Å²) >= 11 is 0. The minimum absolute atomic E-state index is 0.156. The van der Waals surface area contributed by atoms with Crippen LogP contribution in [0.15, 0.2) is 24.3 Å². The molecule has 1 N–H and O–H groups in total. The smallest absolute Gasteiger partial charge is 0.220 e. The van der Waals surface area contributed by atoms with Crippen LogP contribution in [-0.4, -0.2) is 13.0 Å². The molecule has 0 radical (unpaired) electrons. The van der Waals surface area contributed by atoms with Crippen LogP contribution in [0.5, 0.6) is 5.75 Å². The summed E-state index contributed by atoms with van der Waals surface area (Å²) in [4.78, 5) is 12.1. The van der Waals surface area contributed by atoms with E-state index in [0.717, 1.165) is 31.4 Å². The highest BCUT2D eigenvalue weighted by Gasteiger charge is 2.36. The van der Waals surface area contributed by atoms with Crippen molar-refractivity contribution in [2.24, 2.45) is 0 Å². The first-order valence-corrected chi connectivity index (χ1v) is 7.66. The molecule has 1 aliphatic carbocycles. The first-order chi connectivity index (χ1) is 9.70. The van der Waals surface area contributed by atoms with Crippen LogP contribution in [0, 0.1) is 0 Å². The quantitative estimate of drug-likeness (QED) is 0.858. The Bertz CT molecular complexity index is 433. The van der Waals surface area contributed by atoms with E-state index in [9.17, 15) is 4.79 Å². The molecule has 1 saturated carbocycles. The number of benzene rings is 1. The fourth-order valence-electron chi connectivity index (χ4n) is 3.04. The van der Waals surface area contributed by atoms with Gasteiger partial charge in [0.15, 0.2) is 0 Å². The van der Waals surface area contributed by atoms with Gasteiger partial charge in [-0.15, -0.1) is 0 Å². The molecule has 3 heteroatoms. The predicted molar refractivity (Wildman–Crippen MR) is 80.8 cm³/mol. The summed E-state index contributed by atoms with van der Waals surface area (Å²) in [6, 6.07) is 8.13. The normalized spacial score (nSPS) is 16.9. The topological polar surface area (TPSA) is 38.3 Å². The Morgan fingerprint density at radius 2 is 1.90 bits per heavy atom. The third-order valence-electron chi connectivity index (χ3n) is 4.24. The summed E-state index contributed by atoms with van der Waals surface area (Å²) < 4.78 is 5.21. The average molecular weight is 275 g/mol. The van der Waals surface area contributed by atoms with E-state index in [2.05, 4.69) is 24.4 Å². The lowest BCUT2D eigenvalue weighted by atomic mass is 9.88. The molecule has 1 amide bonds. The number of carbonyl (C=O) groups excluding carboxylic acids is 1. The molecule has 1 aromatic rings. The molecule has 1 fully saturated rings. The maximum absolute atomic E-state index is 12.1. The van der Waals surface area contributed by atoms with Crippen molar-refractivity contribution >= 4 is 5.91 Å². The van der Waals surface area contributed by atoms with Gasteiger partial charge in [-0.05, 0) is 37.0 Å². The average Bonchev–Trinajstić information content (AvgIpc) is 2.95. The summed E-state index contributed by atoms with van der Waals surface area (Å²) in [5.74, 6) is 1.05. The minimum Gasteiger partial charge on any atom is -0.497 e. The first-order valence-electron chi connectivity index (χ1n) is 7.66. The highest BCUT2D eigenvalue weighted by atomic mass is 16.5. The molecular weight excluding hydrogens is 250 g/mol. The van der Waals surface area contributed by atoms with Crippen LogP contribution in [0.4, 0.5) is 0 Å². The van der Waals surface area contributed by atoms with Crippen LogP contribution >= 0.6 is 0 Å². The van der Waals surface area contributed by atoms with E-state index in [1.165, 1.54) is 18.4 Å². The van der Waals surface area contributed by atoms with E-state index in [1.54, 1.807) is 7.11 Å². The van der Waals surface area contributed by atoms with Crippen LogP contribution in [0.3, 0.4) is 0 Å². The van der Waals surface area contributed by atoms with Gasteiger partial charge >= 0.3 is 0 Å². The number of rotatable bonds is 6. The Kier molecular flexibility index (Phi) is 5.05. The lowest BCUT2D eigenvalue weighted by molar-refractivity contribution is -0.123. The Balaban J connectivity index is 2.13. The van der Waals surface area contributed by atoms with Gasteiger partial charge in [-0.2, -0.15) is 0 Å². The van der Waals surface area contributed by atoms with Crippen molar-refractivity contribution in [1.82, 2.24) is 5.32 Å². The summed E-state index contributed by atoms with van der Waals surface area (Å²) in [6.45, 7) is 2.11. The van der Waals surface area contributed by atoms with Crippen molar-refractivity contribution in [1.29, 1.82) is 0 Å². The lowest BCUT2D eigenvalue weighted by Gasteiger charge is -2.31. The van der Waals surface area contributed by atoms with Crippen LogP contribution < -0.4 is 10.1 Å². The minimum atomic E-state index is -0.156. The second kappa shape index (κ2) is 6.78. The van der Waals surface area contributed by atoms with Gasteiger partial charge in [0, 0.05) is 6.42 Å². The number of amides is 1. The summed E-state index contributed by atoms with van der Waals surface area (Å²) in [5.41, 5.74) is 1.05. The van der Waals surface area contributed by atoms with Gasteiger partial charge in [0.05, 0.1) is 12.6 Å². The van der Waals surface area contributed by atoms with E-state index in [1.807, 2.05) is 12.1 Å². The zero-order chi connectivity index (χ0) is 14.4. The molecule has 1 aromatic carbocycles. The highest BCUT2D eigenvalue weighted by Crippen LogP contribution is 2.39. The standard InChI is InChI=1S/C17H25NO2/c1-3-4-7-16(19)18-17(12-5-6-13-17)14-8-10-15(20-2)11-9-14/h8-11H,3-7,12-13H2,1-2H3,(H,18,19). The van der Waals surface area contributed by atoms with Crippen molar-refractivity contribution < 1.29 is 9.53 Å². The maximum atomic E-state index is 12.1. The van der Waals surface area contributed by atoms with Gasteiger partial charge in [-0.25, -0.2) is 0 Å². The van der Waals surface area contributed by atoms with Gasteiger partial charge < -0.3 is 10.1 Å². The molecule has 0 unspecified atom stereocenters. The molecule has 0 saturated heterocycles. The fourth-order valence-corrected chi connectivity index (χ4v) is 3.04. The van der Waals surface area contributed by atoms with Gasteiger partial charge in [0.2, 0.25) is 5.91 Å². The largest absolute Gasteiger partial charge is 0.497 e. The molecule has 1 aliphatic rings. The van der Waals surface area contributed by atoms with Crippen molar-refractivity contribution in [3.05, 3.63) is 29.8 Å². The number of nitrogens with one attached hydrogen (secondary N) is 1.